The van der Waals surface area contributed by atoms with E-state index < -0.39 is 0 Å². The Morgan fingerprint density at radius 3 is 2.75 bits per heavy atom. The molecule has 122 valence electrons. The van der Waals surface area contributed by atoms with Gasteiger partial charge in [-0.1, -0.05) is 25.1 Å². The molecule has 24 heavy (non-hydrogen) atoms. The molecular formula is C18H19N4O2+. The summed E-state index contributed by atoms with van der Waals surface area (Å²) in [5, 5.41) is 17.4. The second-order valence-corrected chi connectivity index (χ2v) is 5.60. The molecule has 3 aromatic rings. The third kappa shape index (κ3) is 3.70. The number of nitrogens with zero attached hydrogens (tertiary/aromatic N) is 3. The van der Waals surface area contributed by atoms with Crippen molar-refractivity contribution < 1.29 is 13.7 Å². The van der Waals surface area contributed by atoms with Gasteiger partial charge in [-0.2, -0.15) is 5.26 Å². The molecule has 2 heterocycles. The fourth-order valence-electron chi connectivity index (χ4n) is 2.68. The molecule has 0 aliphatic heterocycles. The highest BCUT2D eigenvalue weighted by molar-refractivity contribution is 5.42. The molecule has 2 aromatic heterocycles. The Labute approximate surface area is 140 Å². The van der Waals surface area contributed by atoms with Crippen LogP contribution in [0.1, 0.15) is 30.4 Å². The summed E-state index contributed by atoms with van der Waals surface area (Å²) in [7, 11) is 0. The minimum atomic E-state index is 0.392. The summed E-state index contributed by atoms with van der Waals surface area (Å²) in [6.07, 6.45) is 2.61. The number of nitrogens with one attached hydrogen (secondary N) is 1. The van der Waals surface area contributed by atoms with E-state index in [9.17, 15) is 5.26 Å². The summed E-state index contributed by atoms with van der Waals surface area (Å²) < 4.78 is 11.0. The largest absolute Gasteiger partial charge is 0.459 e. The molecular weight excluding hydrogens is 304 g/mol. The average molecular weight is 323 g/mol. The smallest absolute Gasteiger partial charge is 0.283 e. The molecule has 0 saturated heterocycles. The predicted molar refractivity (Wildman–Crippen MR) is 86.7 cm³/mol. The van der Waals surface area contributed by atoms with Gasteiger partial charge in [0.1, 0.15) is 6.54 Å². The second kappa shape index (κ2) is 7.57. The van der Waals surface area contributed by atoms with Gasteiger partial charge < -0.3 is 13.7 Å². The van der Waals surface area contributed by atoms with Crippen LogP contribution >= 0.6 is 0 Å². The zero-order chi connectivity index (χ0) is 16.8. The van der Waals surface area contributed by atoms with Gasteiger partial charge in [-0.15, -0.1) is 10.2 Å². The first-order valence-electron chi connectivity index (χ1n) is 7.98. The van der Waals surface area contributed by atoms with Gasteiger partial charge in [-0.25, -0.2) is 0 Å². The van der Waals surface area contributed by atoms with Crippen molar-refractivity contribution in [1.82, 2.24) is 10.2 Å². The summed E-state index contributed by atoms with van der Waals surface area (Å²) in [6, 6.07) is 13.5. The van der Waals surface area contributed by atoms with Crippen molar-refractivity contribution in [2.75, 3.05) is 6.54 Å². The number of quaternary nitrogens is 1. The maximum absolute atomic E-state index is 9.25. The van der Waals surface area contributed by atoms with Gasteiger partial charge in [0, 0.05) is 5.56 Å². The van der Waals surface area contributed by atoms with Crippen LogP contribution in [-0.4, -0.2) is 16.7 Å². The van der Waals surface area contributed by atoms with Crippen LogP contribution in [0.3, 0.4) is 0 Å². The van der Waals surface area contributed by atoms with E-state index in [0.717, 1.165) is 25.1 Å². The number of nitriles is 1. The van der Waals surface area contributed by atoms with E-state index in [-0.39, 0.29) is 0 Å². The van der Waals surface area contributed by atoms with Gasteiger partial charge in [0.15, 0.2) is 12.3 Å². The first-order valence-corrected chi connectivity index (χ1v) is 7.98. The van der Waals surface area contributed by atoms with Gasteiger partial charge in [-0.05, 0) is 24.6 Å². The summed E-state index contributed by atoms with van der Waals surface area (Å²) in [5.74, 6) is 1.53. The molecule has 1 aromatic carbocycles. The molecule has 0 aliphatic rings. The molecule has 6 nitrogen and oxygen atoms in total. The van der Waals surface area contributed by atoms with Crippen molar-refractivity contribution in [1.29, 1.82) is 5.26 Å². The summed E-state index contributed by atoms with van der Waals surface area (Å²) in [6.45, 7) is 4.45. The van der Waals surface area contributed by atoms with Crippen molar-refractivity contribution in [3.63, 3.8) is 0 Å². The Morgan fingerprint density at radius 1 is 1.12 bits per heavy atom. The van der Waals surface area contributed by atoms with E-state index in [1.54, 1.807) is 18.4 Å². The zero-order valence-electron chi connectivity index (χ0n) is 13.5. The van der Waals surface area contributed by atoms with E-state index in [1.807, 2.05) is 24.3 Å². The number of aromatic nitrogens is 2. The second-order valence-electron chi connectivity index (χ2n) is 5.60. The lowest BCUT2D eigenvalue weighted by Gasteiger charge is -2.17. The Hall–Kier alpha value is -2.91. The Morgan fingerprint density at radius 2 is 2.00 bits per heavy atom. The van der Waals surface area contributed by atoms with Crippen LogP contribution < -0.4 is 4.90 Å². The molecule has 1 unspecified atom stereocenters. The van der Waals surface area contributed by atoms with Crippen molar-refractivity contribution in [3.05, 3.63) is 59.7 Å². The van der Waals surface area contributed by atoms with Crippen molar-refractivity contribution >= 4 is 0 Å². The highest BCUT2D eigenvalue weighted by Gasteiger charge is 2.18. The fourth-order valence-corrected chi connectivity index (χ4v) is 2.68. The van der Waals surface area contributed by atoms with Crippen LogP contribution in [0.25, 0.3) is 11.7 Å². The molecule has 0 aliphatic carbocycles. The molecule has 0 spiro atoms. The van der Waals surface area contributed by atoms with Gasteiger partial charge in [0.05, 0.1) is 24.4 Å². The monoisotopic (exact) mass is 323 g/mol. The molecule has 0 fully saturated rings. The Kier molecular flexibility index (Phi) is 5.04. The molecule has 1 atom stereocenters. The maximum atomic E-state index is 9.25. The lowest BCUT2D eigenvalue weighted by Crippen LogP contribution is -3.09. The van der Waals surface area contributed by atoms with Gasteiger partial charge in [0.25, 0.3) is 11.8 Å². The highest BCUT2D eigenvalue weighted by atomic mass is 16.4. The molecule has 3 rings (SSSR count). The normalized spacial score (nSPS) is 12.0. The number of rotatable bonds is 7. The number of hydrogen-bond acceptors (Lipinski definition) is 5. The van der Waals surface area contributed by atoms with Crippen LogP contribution in [0.2, 0.25) is 0 Å². The van der Waals surface area contributed by atoms with Crippen LogP contribution in [-0.2, 0) is 13.1 Å². The summed E-state index contributed by atoms with van der Waals surface area (Å²) in [5.41, 5.74) is 1.75. The van der Waals surface area contributed by atoms with Crippen LogP contribution in [0, 0.1) is 11.3 Å². The third-order valence-corrected chi connectivity index (χ3v) is 3.78. The van der Waals surface area contributed by atoms with Gasteiger partial charge >= 0.3 is 0 Å². The van der Waals surface area contributed by atoms with E-state index in [2.05, 4.69) is 23.2 Å². The first kappa shape index (κ1) is 16.0. The minimum absolute atomic E-state index is 0.392. The molecule has 0 bridgehead atoms. The van der Waals surface area contributed by atoms with Gasteiger partial charge in [-0.3, -0.25) is 0 Å². The van der Waals surface area contributed by atoms with Crippen LogP contribution in [0.4, 0.5) is 0 Å². The van der Waals surface area contributed by atoms with Crippen molar-refractivity contribution in [2.24, 2.45) is 0 Å². The molecule has 0 radical (unpaired) electrons. The van der Waals surface area contributed by atoms with Crippen LogP contribution in [0.15, 0.2) is 51.5 Å². The third-order valence-electron chi connectivity index (χ3n) is 3.78. The first-order chi connectivity index (χ1) is 11.8. The molecule has 6 heteroatoms. The lowest BCUT2D eigenvalue weighted by molar-refractivity contribution is -0.928. The Balaban J connectivity index is 1.73. The topological polar surface area (TPSA) is 80.3 Å². The van der Waals surface area contributed by atoms with Crippen molar-refractivity contribution in [2.45, 2.75) is 26.4 Å². The predicted octanol–water partition coefficient (Wildman–Crippen LogP) is 2.20. The SMILES string of the molecule is CCC[NH+](Cc1nnc(-c2ccco2)o1)Cc1ccccc1C#N. The lowest BCUT2D eigenvalue weighted by atomic mass is 10.1. The molecule has 1 N–H and O–H groups in total. The maximum Gasteiger partial charge on any atom is 0.283 e. The fraction of sp³-hybridized carbons (Fsp3) is 0.278. The van der Waals surface area contributed by atoms with E-state index in [0.29, 0.717) is 29.6 Å². The molecule has 0 saturated carbocycles. The standard InChI is InChI=1S/C18H18N4O2/c1-2-9-22(12-15-7-4-3-6-14(15)11-19)13-17-20-21-18(24-17)16-8-5-10-23-16/h3-8,10H,2,9,12-13H2,1H3/p+1. The summed E-state index contributed by atoms with van der Waals surface area (Å²) >= 11 is 0. The number of hydrogen-bond donors (Lipinski definition) is 1. The Bertz CT molecular complexity index is 818. The minimum Gasteiger partial charge on any atom is -0.459 e. The zero-order valence-corrected chi connectivity index (χ0v) is 13.5. The number of benzene rings is 1. The highest BCUT2D eigenvalue weighted by Crippen LogP contribution is 2.17. The summed E-state index contributed by atoms with van der Waals surface area (Å²) in [4.78, 5) is 1.27. The van der Waals surface area contributed by atoms with Crippen molar-refractivity contribution in [3.8, 4) is 17.7 Å². The molecule has 0 amide bonds. The van der Waals surface area contributed by atoms with E-state index >= 15 is 0 Å². The van der Waals surface area contributed by atoms with E-state index in [1.165, 1.54) is 4.90 Å². The van der Waals surface area contributed by atoms with E-state index in [4.69, 9.17) is 8.83 Å². The average Bonchev–Trinajstić information content (AvgIpc) is 3.26. The number of furan rings is 1. The van der Waals surface area contributed by atoms with Crippen LogP contribution in [0.5, 0.6) is 0 Å². The van der Waals surface area contributed by atoms with Gasteiger partial charge in [0.2, 0.25) is 0 Å². The quantitative estimate of drug-likeness (QED) is 0.721.